The first kappa shape index (κ1) is 14.9. The summed E-state index contributed by atoms with van der Waals surface area (Å²) in [6.45, 7) is 1.18. The van der Waals surface area contributed by atoms with E-state index in [-0.39, 0.29) is 5.69 Å². The summed E-state index contributed by atoms with van der Waals surface area (Å²) in [5, 5.41) is 10.5. The number of nitrogens with zero attached hydrogens (tertiary/aromatic N) is 1. The number of aromatic amines is 1. The van der Waals surface area contributed by atoms with E-state index in [0.717, 1.165) is 0 Å². The van der Waals surface area contributed by atoms with E-state index >= 15 is 0 Å². The minimum absolute atomic E-state index is 0.108. The van der Waals surface area contributed by atoms with E-state index in [4.69, 9.17) is 0 Å². The number of nitro groups is 1. The average molecular weight is 302 g/mol. The van der Waals surface area contributed by atoms with Gasteiger partial charge in [0.25, 0.3) is 0 Å². The minimum atomic E-state index is -6.10. The zero-order valence-corrected chi connectivity index (χ0v) is 9.83. The first-order valence-electron chi connectivity index (χ1n) is 4.35. The Bertz CT molecular complexity index is 677. The summed E-state index contributed by atoms with van der Waals surface area (Å²) in [5.74, 6) is -1.30. The summed E-state index contributed by atoms with van der Waals surface area (Å²) >= 11 is 0. The van der Waals surface area contributed by atoms with Gasteiger partial charge in [0.2, 0.25) is 5.75 Å². The molecule has 106 valence electrons. The molecular weight excluding hydrogens is 297 g/mol. The van der Waals surface area contributed by atoms with E-state index < -0.39 is 37.5 Å². The Morgan fingerprint density at radius 2 is 1.95 bits per heavy atom. The first-order chi connectivity index (χ1) is 8.45. The van der Waals surface area contributed by atoms with Crippen LogP contribution < -0.4 is 9.74 Å². The predicted octanol–water partition coefficient (Wildman–Crippen LogP) is 0.820. The Labute approximate surface area is 103 Å². The summed E-state index contributed by atoms with van der Waals surface area (Å²) in [6, 6.07) is 0.600. The number of rotatable bonds is 3. The van der Waals surface area contributed by atoms with Crippen LogP contribution in [0.5, 0.6) is 5.75 Å². The van der Waals surface area contributed by atoms with Crippen LogP contribution in [0.2, 0.25) is 0 Å². The van der Waals surface area contributed by atoms with Gasteiger partial charge < -0.3 is 9.17 Å². The number of hydrogen-bond acceptors (Lipinski definition) is 6. The lowest BCUT2D eigenvalue weighted by atomic mass is 10.3. The van der Waals surface area contributed by atoms with Crippen LogP contribution in [0.1, 0.15) is 5.69 Å². The van der Waals surface area contributed by atoms with Crippen molar-refractivity contribution in [3.05, 3.63) is 32.2 Å². The summed E-state index contributed by atoms with van der Waals surface area (Å²) in [4.78, 5) is 22.3. The number of pyridine rings is 1. The smallest absolute Gasteiger partial charge is 0.368 e. The van der Waals surface area contributed by atoms with Crippen molar-refractivity contribution >= 4 is 15.8 Å². The van der Waals surface area contributed by atoms with Crippen molar-refractivity contribution in [3.8, 4) is 5.75 Å². The first-order valence-corrected chi connectivity index (χ1v) is 5.75. The second-order valence-electron chi connectivity index (χ2n) is 3.23. The number of H-pyrrole nitrogens is 1. The van der Waals surface area contributed by atoms with Crippen LogP contribution in [0, 0.1) is 17.0 Å². The van der Waals surface area contributed by atoms with Crippen LogP contribution >= 0.6 is 0 Å². The van der Waals surface area contributed by atoms with Crippen molar-refractivity contribution in [1.29, 1.82) is 0 Å². The largest absolute Gasteiger partial charge is 0.534 e. The SMILES string of the molecule is Cc1cc(OS(=O)(=O)C(F)(F)F)c([N+](=O)[O-])c(=O)[nH]1. The third-order valence-corrected chi connectivity index (χ3v) is 2.74. The fraction of sp³-hybridized carbons (Fsp3) is 0.286. The molecule has 12 heteroatoms. The van der Waals surface area contributed by atoms with Crippen LogP contribution in [0.3, 0.4) is 0 Å². The van der Waals surface area contributed by atoms with E-state index in [9.17, 15) is 36.5 Å². The molecule has 1 aromatic rings. The van der Waals surface area contributed by atoms with Gasteiger partial charge in [0.1, 0.15) is 0 Å². The zero-order chi connectivity index (χ0) is 15.0. The van der Waals surface area contributed by atoms with Crippen LogP contribution in [0.15, 0.2) is 10.9 Å². The van der Waals surface area contributed by atoms with Gasteiger partial charge in [0, 0.05) is 11.8 Å². The molecule has 0 saturated carbocycles. The molecule has 1 rings (SSSR count). The minimum Gasteiger partial charge on any atom is -0.368 e. The predicted molar refractivity (Wildman–Crippen MR) is 54.1 cm³/mol. The second kappa shape index (κ2) is 4.53. The highest BCUT2D eigenvalue weighted by molar-refractivity contribution is 7.88. The highest BCUT2D eigenvalue weighted by Crippen LogP contribution is 2.30. The van der Waals surface area contributed by atoms with Crippen molar-refractivity contribution in [2.75, 3.05) is 0 Å². The molecule has 0 saturated heterocycles. The van der Waals surface area contributed by atoms with Crippen molar-refractivity contribution in [2.45, 2.75) is 12.4 Å². The van der Waals surface area contributed by atoms with Gasteiger partial charge in [-0.2, -0.15) is 21.6 Å². The molecule has 0 aliphatic heterocycles. The summed E-state index contributed by atoms with van der Waals surface area (Å²) in [6.07, 6.45) is 0. The lowest BCUT2D eigenvalue weighted by Crippen LogP contribution is -2.29. The third kappa shape index (κ3) is 3.01. The topological polar surface area (TPSA) is 119 Å². The molecule has 1 heterocycles. The van der Waals surface area contributed by atoms with Crippen LogP contribution in [0.4, 0.5) is 18.9 Å². The summed E-state index contributed by atoms with van der Waals surface area (Å²) in [7, 11) is -6.10. The zero-order valence-electron chi connectivity index (χ0n) is 9.02. The monoisotopic (exact) mass is 302 g/mol. The molecule has 0 radical (unpaired) electrons. The van der Waals surface area contributed by atoms with Gasteiger partial charge in [-0.3, -0.25) is 14.9 Å². The molecule has 0 amide bonds. The normalized spacial score (nSPS) is 12.2. The van der Waals surface area contributed by atoms with Crippen LogP contribution in [-0.4, -0.2) is 23.8 Å². The molecule has 8 nitrogen and oxygen atoms in total. The number of hydrogen-bond donors (Lipinski definition) is 1. The lowest BCUT2D eigenvalue weighted by Gasteiger charge is -2.09. The number of aromatic nitrogens is 1. The van der Waals surface area contributed by atoms with E-state index in [1.807, 2.05) is 4.98 Å². The Hall–Kier alpha value is -2.11. The van der Waals surface area contributed by atoms with E-state index in [2.05, 4.69) is 4.18 Å². The highest BCUT2D eigenvalue weighted by atomic mass is 32.2. The molecule has 1 aromatic heterocycles. The van der Waals surface area contributed by atoms with E-state index in [1.165, 1.54) is 6.92 Å². The van der Waals surface area contributed by atoms with Crippen molar-refractivity contribution in [1.82, 2.24) is 4.98 Å². The molecule has 19 heavy (non-hydrogen) atoms. The maximum atomic E-state index is 12.1. The number of halogens is 3. The Kier molecular flexibility index (Phi) is 3.56. The van der Waals surface area contributed by atoms with Crippen LogP contribution in [0.25, 0.3) is 0 Å². The van der Waals surface area contributed by atoms with Crippen LogP contribution in [-0.2, 0) is 10.1 Å². The molecular formula is C7H5F3N2O6S. The second-order valence-corrected chi connectivity index (χ2v) is 4.77. The molecule has 0 fully saturated rings. The van der Waals surface area contributed by atoms with Crippen molar-refractivity contribution < 1.29 is 30.7 Å². The average Bonchev–Trinajstić information content (AvgIpc) is 2.12. The van der Waals surface area contributed by atoms with Crippen molar-refractivity contribution in [2.24, 2.45) is 0 Å². The molecule has 0 atom stereocenters. The number of aryl methyl sites for hydroxylation is 1. The molecule has 0 aliphatic carbocycles. The molecule has 0 spiro atoms. The van der Waals surface area contributed by atoms with Gasteiger partial charge in [0.15, 0.2) is 0 Å². The van der Waals surface area contributed by atoms with Gasteiger partial charge in [-0.1, -0.05) is 0 Å². The Morgan fingerprint density at radius 1 is 1.42 bits per heavy atom. The van der Waals surface area contributed by atoms with Crippen molar-refractivity contribution in [3.63, 3.8) is 0 Å². The number of alkyl halides is 3. The summed E-state index contributed by atoms with van der Waals surface area (Å²) < 4.78 is 61.3. The maximum absolute atomic E-state index is 12.1. The van der Waals surface area contributed by atoms with Gasteiger partial charge in [-0.25, -0.2) is 0 Å². The van der Waals surface area contributed by atoms with Gasteiger partial charge in [-0.15, -0.1) is 0 Å². The standard InChI is InChI=1S/C7H5F3N2O6S/c1-3-2-4(5(12(14)15)6(13)11-3)18-19(16,17)7(8,9)10/h2H,1H3,(H,11,13). The molecule has 0 aliphatic rings. The fourth-order valence-electron chi connectivity index (χ4n) is 1.05. The van der Waals surface area contributed by atoms with Gasteiger partial charge in [0.05, 0.1) is 4.92 Å². The highest BCUT2D eigenvalue weighted by Gasteiger charge is 2.49. The Morgan fingerprint density at radius 3 is 2.37 bits per heavy atom. The quantitative estimate of drug-likeness (QED) is 0.382. The molecule has 0 unspecified atom stereocenters. The van der Waals surface area contributed by atoms with Gasteiger partial charge >= 0.3 is 26.9 Å². The molecule has 0 bridgehead atoms. The Balaban J connectivity index is 3.45. The van der Waals surface area contributed by atoms with E-state index in [0.29, 0.717) is 6.07 Å². The number of nitrogens with one attached hydrogen (secondary N) is 1. The van der Waals surface area contributed by atoms with Gasteiger partial charge in [-0.05, 0) is 6.92 Å². The van der Waals surface area contributed by atoms with E-state index in [1.54, 1.807) is 0 Å². The maximum Gasteiger partial charge on any atom is 0.534 e. The molecule has 0 aromatic carbocycles. The third-order valence-electron chi connectivity index (χ3n) is 1.77. The molecule has 1 N–H and O–H groups in total. The fourth-order valence-corrected chi connectivity index (χ4v) is 1.51. The lowest BCUT2D eigenvalue weighted by molar-refractivity contribution is -0.387. The summed E-state index contributed by atoms with van der Waals surface area (Å²) in [5.41, 5.74) is -8.68.